The first-order valence-electron chi connectivity index (χ1n) is 23.4. The van der Waals surface area contributed by atoms with Gasteiger partial charge in [-0.3, -0.25) is 0 Å². The summed E-state index contributed by atoms with van der Waals surface area (Å²) in [5.41, 5.74) is 0. The molecule has 19 N–H and O–H groups in total. The van der Waals surface area contributed by atoms with Gasteiger partial charge in [0.25, 0.3) is 0 Å². The van der Waals surface area contributed by atoms with Crippen molar-refractivity contribution in [1.82, 2.24) is 0 Å². The maximum absolute atomic E-state index is 11.3. The van der Waals surface area contributed by atoms with Gasteiger partial charge in [0.1, 0.15) is 159 Å². The van der Waals surface area contributed by atoms with Crippen LogP contribution in [0, 0.1) is 0 Å². The Morgan fingerprint density at radius 3 is 0.658 bits per heavy atom. The van der Waals surface area contributed by atoms with E-state index in [0.717, 1.165) is 0 Å². The Kier molecular flexibility index (Phi) is 19.3. The molecule has 33 atom stereocenters. The van der Waals surface area contributed by atoms with Crippen LogP contribution in [0.1, 0.15) is 0 Å². The van der Waals surface area contributed by atoms with E-state index in [0.29, 0.717) is 0 Å². The van der Waals surface area contributed by atoms with Crippen LogP contribution in [-0.2, 0) is 66.3 Å². The molecule has 0 aromatic rings. The predicted octanol–water partition coefficient (Wildman–Crippen LogP) is -14.0. The summed E-state index contributed by atoms with van der Waals surface area (Å²) in [4.78, 5) is 0. The Morgan fingerprint density at radius 1 is 0.219 bits per heavy atom. The summed E-state index contributed by atoms with van der Waals surface area (Å²) in [6.45, 7) is -6.25. The van der Waals surface area contributed by atoms with Crippen molar-refractivity contribution >= 4 is 0 Å². The number of rotatable bonds is 5. The molecule has 0 saturated carbocycles. The van der Waals surface area contributed by atoms with E-state index in [1.54, 1.807) is 0 Å². The number of hydrogen-bond acceptors (Lipinski definition) is 33. The first kappa shape index (κ1) is 57.8. The Morgan fingerprint density at radius 2 is 0.411 bits per heavy atom. The highest BCUT2D eigenvalue weighted by atomic mass is 16.8. The van der Waals surface area contributed by atoms with Crippen molar-refractivity contribution in [2.24, 2.45) is 0 Å². The highest BCUT2D eigenvalue weighted by Gasteiger charge is 2.58. The van der Waals surface area contributed by atoms with Crippen LogP contribution in [0.2, 0.25) is 0 Å². The molecule has 14 bridgehead atoms. The molecule has 33 heteroatoms. The summed E-state index contributed by atoms with van der Waals surface area (Å²) in [6.07, 6.45) is -63.1. The van der Waals surface area contributed by atoms with Gasteiger partial charge in [0, 0.05) is 0 Å². The summed E-state index contributed by atoms with van der Waals surface area (Å²) in [5, 5.41) is 208. The van der Waals surface area contributed by atoms with Gasteiger partial charge in [-0.1, -0.05) is 0 Å². The first-order chi connectivity index (χ1) is 34.8. The largest absolute Gasteiger partial charge is 0.394 e. The monoisotopic (exact) mass is 1070 g/mol. The molecule has 21 saturated heterocycles. The van der Waals surface area contributed by atoms with Gasteiger partial charge in [-0.2, -0.15) is 0 Å². The average molecular weight is 1070 g/mol. The molecule has 33 nitrogen and oxygen atoms in total. The molecule has 73 heavy (non-hydrogen) atoms. The second kappa shape index (κ2) is 24.4. The van der Waals surface area contributed by atoms with Gasteiger partial charge in [-0.25, -0.2) is 0 Å². The highest BCUT2D eigenvalue weighted by Crippen LogP contribution is 2.37. The van der Waals surface area contributed by atoms with Gasteiger partial charge >= 0.3 is 0 Å². The van der Waals surface area contributed by atoms with E-state index in [9.17, 15) is 97.0 Å². The lowest BCUT2D eigenvalue weighted by atomic mass is 9.95. The van der Waals surface area contributed by atoms with Crippen molar-refractivity contribution in [2.75, 3.05) is 46.2 Å². The first-order valence-corrected chi connectivity index (χ1v) is 23.4. The predicted molar refractivity (Wildman–Crippen MR) is 216 cm³/mol. The Hall–Kier alpha value is -1.32. The SMILES string of the molecule is OCC1O[C@@H]2O[C@@H]3CO[C@H](O[C@@H]4CO[C@H](O[C@@H]5C(CO)O[C@H](O[C@@H]6C(CO)O[C@@H](O[C@@H]7C(CO)O[C@@H](O[C@@H]8C(CO)O[C@@H](O[C@H]1C(O)[C@@H]2O)[C@@H](O)C8O)[C@@H](O)C7O)C(O)[C@H]6O)C(O)[C@H]5O)C(O)[C@H]4O)[C@@H](O)C3O. The molecule has 0 aromatic carbocycles. The lowest BCUT2D eigenvalue weighted by Gasteiger charge is -2.49. The molecule has 12 unspecified atom stereocenters. The van der Waals surface area contributed by atoms with Crippen LogP contribution in [0.15, 0.2) is 0 Å². The Balaban J connectivity index is 1.04. The summed E-state index contributed by atoms with van der Waals surface area (Å²) in [6, 6.07) is 0. The minimum atomic E-state index is -2.18. The molecule has 0 spiro atoms. The zero-order chi connectivity index (χ0) is 52.9. The fourth-order valence-corrected chi connectivity index (χ4v) is 9.80. The average Bonchev–Trinajstić information content (AvgIpc) is 3.38. The number of aliphatic hydroxyl groups is 19. The zero-order valence-corrected chi connectivity index (χ0v) is 38.2. The van der Waals surface area contributed by atoms with Crippen molar-refractivity contribution in [1.29, 1.82) is 0 Å². The van der Waals surface area contributed by atoms with E-state index in [1.807, 2.05) is 0 Å². The molecule has 0 aliphatic carbocycles. The standard InChI is InChI=1S/C40H66O33/c41-1-8-29-18(49)25(56)37(63-8)71-31-10(3-43)65-39(27(58)20(31)51)73-33-12(5-45)66-40(28(59)21(33)52)72-32-11(4-44)64-38(26(57)19(32)50)70-30-9(2-42)62-36(24(55)17(30)48)68-14-7-60-34(22(53)16(14)47)67-13-6-61-35(69-29)23(54)15(13)46/h8-59H,1-7H2/t8?,9?,10?,11?,12?,13-,14-,15+,16?,17?,18-,19?,20-,21?,22+,23?,24+,25?,26+,27?,28+,29-,30-,31-,32-,33-,34-,35-,36-,37-,38+,39+,40+/m1/s1. The molecule has 424 valence electrons. The third-order valence-corrected chi connectivity index (χ3v) is 14.0. The normalized spacial score (nSPS) is 55.7. The summed E-state index contributed by atoms with van der Waals surface area (Å²) < 4.78 is 79.1. The van der Waals surface area contributed by atoms with Crippen molar-refractivity contribution in [3.63, 3.8) is 0 Å². The van der Waals surface area contributed by atoms with E-state index < -0.39 is 249 Å². The lowest BCUT2D eigenvalue weighted by Crippen LogP contribution is -2.68. The minimum absolute atomic E-state index is 0.625. The van der Waals surface area contributed by atoms with Gasteiger partial charge in [-0.05, 0) is 0 Å². The van der Waals surface area contributed by atoms with Crippen LogP contribution in [0.25, 0.3) is 0 Å². The van der Waals surface area contributed by atoms with Crippen LogP contribution >= 0.6 is 0 Å². The molecule has 21 heterocycles. The van der Waals surface area contributed by atoms with Crippen LogP contribution in [0.5, 0.6) is 0 Å². The van der Waals surface area contributed by atoms with Crippen molar-refractivity contribution < 1.29 is 163 Å². The van der Waals surface area contributed by atoms with E-state index >= 15 is 0 Å². The molecule has 21 aliphatic rings. The van der Waals surface area contributed by atoms with E-state index in [-0.39, 0.29) is 0 Å². The van der Waals surface area contributed by atoms with Gasteiger partial charge < -0.3 is 163 Å². The van der Waals surface area contributed by atoms with Gasteiger partial charge in [0.2, 0.25) is 0 Å². The van der Waals surface area contributed by atoms with Crippen LogP contribution in [0.4, 0.5) is 0 Å². The third-order valence-electron chi connectivity index (χ3n) is 14.0. The summed E-state index contributed by atoms with van der Waals surface area (Å²) in [7, 11) is 0. The van der Waals surface area contributed by atoms with Crippen LogP contribution in [0.3, 0.4) is 0 Å². The molecule has 21 aliphatic heterocycles. The fourth-order valence-electron chi connectivity index (χ4n) is 9.80. The van der Waals surface area contributed by atoms with Crippen LogP contribution in [-0.4, -0.2) is 346 Å². The molecule has 0 aromatic heterocycles. The van der Waals surface area contributed by atoms with Crippen LogP contribution < -0.4 is 0 Å². The quantitative estimate of drug-likeness (QED) is 0.122. The molecular formula is C40H66O33. The maximum Gasteiger partial charge on any atom is 0.187 e. The number of aliphatic hydroxyl groups excluding tert-OH is 19. The maximum atomic E-state index is 11.3. The topological polar surface area (TPSA) is 514 Å². The molecule has 21 rings (SSSR count). The van der Waals surface area contributed by atoms with Crippen molar-refractivity contribution in [2.45, 2.75) is 203 Å². The van der Waals surface area contributed by atoms with Crippen molar-refractivity contribution in [3.8, 4) is 0 Å². The van der Waals surface area contributed by atoms with Crippen molar-refractivity contribution in [3.05, 3.63) is 0 Å². The number of hydrogen-bond donors (Lipinski definition) is 19. The Labute approximate surface area is 412 Å². The van der Waals surface area contributed by atoms with Gasteiger partial charge in [0.05, 0.1) is 46.2 Å². The Bertz CT molecular complexity index is 1720. The molecule has 21 fully saturated rings. The summed E-state index contributed by atoms with van der Waals surface area (Å²) >= 11 is 0. The van der Waals surface area contributed by atoms with E-state index in [4.69, 9.17) is 66.3 Å². The summed E-state index contributed by atoms with van der Waals surface area (Å²) in [5.74, 6) is 0. The second-order valence-electron chi connectivity index (χ2n) is 18.8. The van der Waals surface area contributed by atoms with E-state index in [1.165, 1.54) is 0 Å². The fraction of sp³-hybridized carbons (Fsp3) is 1.00. The second-order valence-corrected chi connectivity index (χ2v) is 18.8. The highest BCUT2D eigenvalue weighted by molar-refractivity contribution is 5.00. The van der Waals surface area contributed by atoms with E-state index in [2.05, 4.69) is 0 Å². The molecule has 0 amide bonds. The lowest BCUT2D eigenvalue weighted by molar-refractivity contribution is -0.396. The molecule has 0 radical (unpaired) electrons. The third kappa shape index (κ3) is 11.4. The van der Waals surface area contributed by atoms with Gasteiger partial charge in [-0.15, -0.1) is 0 Å². The molecular weight excluding hydrogens is 1010 g/mol. The number of ether oxygens (including phenoxy) is 14. The zero-order valence-electron chi connectivity index (χ0n) is 38.2. The minimum Gasteiger partial charge on any atom is -0.394 e. The smallest absolute Gasteiger partial charge is 0.187 e. The van der Waals surface area contributed by atoms with Gasteiger partial charge in [0.15, 0.2) is 44.0 Å².